The highest BCUT2D eigenvalue weighted by Gasteiger charge is 2.46. The Labute approximate surface area is 136 Å². The molecule has 0 saturated carbocycles. The first kappa shape index (κ1) is 13.2. The van der Waals surface area contributed by atoms with Gasteiger partial charge in [-0.25, -0.2) is 0 Å². The van der Waals surface area contributed by atoms with Crippen LogP contribution < -0.4 is 4.90 Å². The van der Waals surface area contributed by atoms with Gasteiger partial charge in [-0.05, 0) is 41.2 Å². The summed E-state index contributed by atoms with van der Waals surface area (Å²) in [6.45, 7) is 3.46. The Bertz CT molecular complexity index is 813. The van der Waals surface area contributed by atoms with Gasteiger partial charge in [0.2, 0.25) is 5.91 Å². The van der Waals surface area contributed by atoms with E-state index in [1.807, 2.05) is 0 Å². The predicted octanol–water partition coefficient (Wildman–Crippen LogP) is 2.93. The fourth-order valence-electron chi connectivity index (χ4n) is 4.88. The number of rotatable bonds is 0. The lowest BCUT2D eigenvalue weighted by Gasteiger charge is -2.46. The Balaban J connectivity index is 1.75. The third-order valence-electron chi connectivity index (χ3n) is 5.78. The summed E-state index contributed by atoms with van der Waals surface area (Å²) >= 11 is 0. The van der Waals surface area contributed by atoms with Gasteiger partial charge < -0.3 is 9.80 Å². The van der Waals surface area contributed by atoms with Crippen LogP contribution in [0.4, 0.5) is 5.69 Å². The number of anilines is 1. The summed E-state index contributed by atoms with van der Waals surface area (Å²) in [6, 6.07) is 16.1. The molecule has 0 unspecified atom stereocenters. The second kappa shape index (κ2) is 4.60. The van der Waals surface area contributed by atoms with Crippen LogP contribution in [0.2, 0.25) is 0 Å². The minimum atomic E-state index is 0.210. The van der Waals surface area contributed by atoms with Crippen LogP contribution in [0.1, 0.15) is 35.2 Å². The molecule has 0 bridgehead atoms. The maximum atomic E-state index is 12.1. The van der Waals surface area contributed by atoms with E-state index in [1.165, 1.54) is 27.9 Å². The zero-order valence-corrected chi connectivity index (χ0v) is 13.3. The lowest BCUT2D eigenvalue weighted by molar-refractivity contribution is -0.132. The summed E-state index contributed by atoms with van der Waals surface area (Å²) in [5, 5.41) is 0. The molecule has 0 spiro atoms. The van der Waals surface area contributed by atoms with E-state index in [0.29, 0.717) is 6.04 Å². The predicted molar refractivity (Wildman–Crippen MR) is 90.7 cm³/mol. The molecule has 1 saturated heterocycles. The van der Waals surface area contributed by atoms with Crippen molar-refractivity contribution >= 4 is 11.6 Å². The molecule has 116 valence electrons. The second-order valence-electron chi connectivity index (χ2n) is 6.92. The number of para-hydroxylation sites is 1. The molecule has 3 heteroatoms. The van der Waals surface area contributed by atoms with Crippen LogP contribution in [0.3, 0.4) is 0 Å². The van der Waals surface area contributed by atoms with Crippen molar-refractivity contribution in [1.82, 2.24) is 4.90 Å². The molecule has 1 amide bonds. The topological polar surface area (TPSA) is 23.6 Å². The summed E-state index contributed by atoms with van der Waals surface area (Å²) in [7, 11) is 0. The number of hydrogen-bond donors (Lipinski definition) is 0. The summed E-state index contributed by atoms with van der Waals surface area (Å²) in [5.41, 5.74) is 7.12. The van der Waals surface area contributed by atoms with E-state index in [-0.39, 0.29) is 11.9 Å². The van der Waals surface area contributed by atoms with Gasteiger partial charge in [0.1, 0.15) is 0 Å². The number of hydrogen-bond acceptors (Lipinski definition) is 2. The molecule has 2 atom stereocenters. The van der Waals surface area contributed by atoms with Crippen LogP contribution in [0.5, 0.6) is 0 Å². The Hall–Kier alpha value is -2.29. The Kier molecular flexibility index (Phi) is 2.64. The average molecular weight is 304 g/mol. The molecule has 0 N–H and O–H groups in total. The number of carbonyl (C=O) groups excluding carboxylic acids is 1. The third kappa shape index (κ3) is 1.73. The van der Waals surface area contributed by atoms with E-state index in [2.05, 4.69) is 52.3 Å². The molecule has 23 heavy (non-hydrogen) atoms. The number of benzene rings is 2. The van der Waals surface area contributed by atoms with Crippen LogP contribution in [-0.4, -0.2) is 29.9 Å². The summed E-state index contributed by atoms with van der Waals surface area (Å²) in [5.74, 6) is 0.210. The molecule has 1 aliphatic carbocycles. The first-order valence-corrected chi connectivity index (χ1v) is 8.46. The van der Waals surface area contributed by atoms with Crippen molar-refractivity contribution in [3.8, 4) is 0 Å². The highest BCUT2D eigenvalue weighted by atomic mass is 16.2. The Morgan fingerprint density at radius 3 is 2.65 bits per heavy atom. The van der Waals surface area contributed by atoms with Gasteiger partial charge in [0.15, 0.2) is 0 Å². The van der Waals surface area contributed by atoms with Crippen LogP contribution in [0, 0.1) is 0 Å². The van der Waals surface area contributed by atoms with Gasteiger partial charge in [0.05, 0.1) is 12.1 Å². The zero-order chi connectivity index (χ0) is 15.6. The smallest absolute Gasteiger partial charge is 0.219 e. The van der Waals surface area contributed by atoms with E-state index in [9.17, 15) is 4.79 Å². The molecule has 0 aromatic heterocycles. The van der Waals surface area contributed by atoms with Gasteiger partial charge in [0, 0.05) is 25.7 Å². The number of carbonyl (C=O) groups is 1. The van der Waals surface area contributed by atoms with E-state index in [0.717, 1.165) is 25.9 Å². The van der Waals surface area contributed by atoms with Crippen molar-refractivity contribution in [3.63, 3.8) is 0 Å². The summed E-state index contributed by atoms with van der Waals surface area (Å²) in [4.78, 5) is 16.8. The zero-order valence-electron chi connectivity index (χ0n) is 13.3. The highest BCUT2D eigenvalue weighted by molar-refractivity contribution is 5.75. The van der Waals surface area contributed by atoms with Gasteiger partial charge in [-0.2, -0.15) is 0 Å². The normalized spacial score (nSPS) is 24.0. The molecule has 0 radical (unpaired) electrons. The van der Waals surface area contributed by atoms with Crippen molar-refractivity contribution in [1.29, 1.82) is 0 Å². The van der Waals surface area contributed by atoms with E-state index < -0.39 is 0 Å². The largest absolute Gasteiger partial charge is 0.360 e. The highest BCUT2D eigenvalue weighted by Crippen LogP contribution is 2.48. The number of amides is 1. The van der Waals surface area contributed by atoms with E-state index >= 15 is 0 Å². The minimum Gasteiger partial charge on any atom is -0.360 e. The first-order valence-electron chi connectivity index (χ1n) is 8.46. The number of piperazine rings is 1. The van der Waals surface area contributed by atoms with Crippen molar-refractivity contribution in [2.75, 3.05) is 18.0 Å². The maximum Gasteiger partial charge on any atom is 0.219 e. The van der Waals surface area contributed by atoms with E-state index in [4.69, 9.17) is 0 Å². The molecule has 3 nitrogen and oxygen atoms in total. The Morgan fingerprint density at radius 1 is 1.00 bits per heavy atom. The Morgan fingerprint density at radius 2 is 1.78 bits per heavy atom. The molecule has 2 aromatic carbocycles. The van der Waals surface area contributed by atoms with Crippen LogP contribution in [0.25, 0.3) is 0 Å². The molecular weight excluding hydrogens is 284 g/mol. The lowest BCUT2D eigenvalue weighted by Crippen LogP contribution is -2.55. The first-order chi connectivity index (χ1) is 11.2. The summed E-state index contributed by atoms with van der Waals surface area (Å²) in [6.07, 6.45) is 1.99. The monoisotopic (exact) mass is 304 g/mol. The van der Waals surface area contributed by atoms with Crippen LogP contribution in [-0.2, 0) is 17.6 Å². The van der Waals surface area contributed by atoms with Gasteiger partial charge in [-0.3, -0.25) is 4.79 Å². The van der Waals surface area contributed by atoms with E-state index in [1.54, 1.807) is 6.92 Å². The van der Waals surface area contributed by atoms with Gasteiger partial charge in [0.25, 0.3) is 0 Å². The number of fused-ring (bicyclic) bond motifs is 2. The molecule has 1 fully saturated rings. The van der Waals surface area contributed by atoms with Crippen LogP contribution in [0.15, 0.2) is 42.5 Å². The molecule has 5 rings (SSSR count). The van der Waals surface area contributed by atoms with Gasteiger partial charge in [-0.15, -0.1) is 0 Å². The fraction of sp³-hybridized carbons (Fsp3) is 0.350. The minimum absolute atomic E-state index is 0.210. The number of nitrogens with zero attached hydrogens (tertiary/aromatic N) is 2. The average Bonchev–Trinajstić information content (AvgIpc) is 2.87. The van der Waals surface area contributed by atoms with Gasteiger partial charge >= 0.3 is 0 Å². The SMILES string of the molecule is CC(=O)N1CCN2c3ccccc3Cc3cccc4c3[C@H]2[C@@H]1C4. The fourth-order valence-corrected chi connectivity index (χ4v) is 4.88. The standard InChI is InChI=1S/C20H20N2O/c1-13(23)21-9-10-22-17-8-3-2-5-14(17)11-15-6-4-7-16-12-18(21)20(22)19(15)16/h2-8,18,20H,9-12H2,1H3/t18-,20+/m0/s1. The van der Waals surface area contributed by atoms with Crippen LogP contribution >= 0.6 is 0 Å². The third-order valence-corrected chi connectivity index (χ3v) is 5.78. The quantitative estimate of drug-likeness (QED) is 0.747. The van der Waals surface area contributed by atoms with Gasteiger partial charge in [-0.1, -0.05) is 36.4 Å². The van der Waals surface area contributed by atoms with Crippen molar-refractivity contribution in [3.05, 3.63) is 64.7 Å². The lowest BCUT2D eigenvalue weighted by atomic mass is 9.96. The molecule has 2 aromatic rings. The molecule has 3 aliphatic rings. The second-order valence-corrected chi connectivity index (χ2v) is 6.92. The molecule has 2 heterocycles. The molecule has 2 aliphatic heterocycles. The maximum absolute atomic E-state index is 12.1. The van der Waals surface area contributed by atoms with Crippen molar-refractivity contribution in [2.24, 2.45) is 0 Å². The summed E-state index contributed by atoms with van der Waals surface area (Å²) < 4.78 is 0. The molecular formula is C20H20N2O. The van der Waals surface area contributed by atoms with Crippen molar-refractivity contribution in [2.45, 2.75) is 31.8 Å². The van der Waals surface area contributed by atoms with Crippen molar-refractivity contribution < 1.29 is 4.79 Å².